The van der Waals surface area contributed by atoms with Gasteiger partial charge in [0.25, 0.3) is 0 Å². The first-order valence-electron chi connectivity index (χ1n) is 10.4. The molecule has 1 atom stereocenters. The Kier molecular flexibility index (Phi) is 5.94. The quantitative estimate of drug-likeness (QED) is 0.620. The van der Waals surface area contributed by atoms with E-state index in [1.54, 1.807) is 19.4 Å². The monoisotopic (exact) mass is 441 g/mol. The molecular formula is C23H28FN5OS. The molecule has 0 unspecified atom stereocenters. The van der Waals surface area contributed by atoms with Crippen LogP contribution < -0.4 is 15.0 Å². The molecule has 1 aliphatic heterocycles. The van der Waals surface area contributed by atoms with Gasteiger partial charge in [-0.05, 0) is 58.4 Å². The van der Waals surface area contributed by atoms with Crippen LogP contribution in [-0.2, 0) is 0 Å². The van der Waals surface area contributed by atoms with Gasteiger partial charge in [0.2, 0.25) is 0 Å². The predicted octanol–water partition coefficient (Wildman–Crippen LogP) is 4.69. The standard InChI is InChI=1S/C23H28FN5OS/c1-14-25-12-21(31-14)16-11-20(30-5)17(10-18(16)24)19-6-7-22(28-27-19)29-9-8-15(13-29)26-23(2,3)4/h6-7,10-12,15,26H,8-9,13H2,1-5H3/t15-/m0/s1. The lowest BCUT2D eigenvalue weighted by Gasteiger charge is -2.26. The van der Waals surface area contributed by atoms with E-state index in [-0.39, 0.29) is 11.4 Å². The van der Waals surface area contributed by atoms with E-state index in [2.05, 4.69) is 46.2 Å². The van der Waals surface area contributed by atoms with Crippen LogP contribution in [0.3, 0.4) is 0 Å². The minimum atomic E-state index is -0.332. The molecule has 2 aromatic heterocycles. The van der Waals surface area contributed by atoms with Gasteiger partial charge in [-0.15, -0.1) is 21.5 Å². The summed E-state index contributed by atoms with van der Waals surface area (Å²) in [7, 11) is 1.58. The zero-order valence-corrected chi connectivity index (χ0v) is 19.4. The van der Waals surface area contributed by atoms with Crippen molar-refractivity contribution in [3.05, 3.63) is 41.3 Å². The second-order valence-electron chi connectivity index (χ2n) is 8.88. The summed E-state index contributed by atoms with van der Waals surface area (Å²) in [6.45, 7) is 10.3. The number of anilines is 1. The van der Waals surface area contributed by atoms with Crippen LogP contribution >= 0.6 is 11.3 Å². The number of thiazole rings is 1. The maximum absolute atomic E-state index is 14.9. The number of aryl methyl sites for hydroxylation is 1. The van der Waals surface area contributed by atoms with Crippen LogP contribution in [0, 0.1) is 12.7 Å². The highest BCUT2D eigenvalue weighted by Crippen LogP contribution is 2.37. The van der Waals surface area contributed by atoms with Crippen molar-refractivity contribution in [1.29, 1.82) is 0 Å². The molecule has 3 heterocycles. The van der Waals surface area contributed by atoms with Crippen molar-refractivity contribution in [2.24, 2.45) is 0 Å². The number of benzene rings is 1. The average Bonchev–Trinajstić information content (AvgIpc) is 3.35. The SMILES string of the molecule is COc1cc(-c2cnc(C)s2)c(F)cc1-c1ccc(N2CC[C@H](NC(C)(C)C)C2)nn1. The molecule has 1 aromatic carbocycles. The third-order valence-corrected chi connectivity index (χ3v) is 6.20. The first-order valence-corrected chi connectivity index (χ1v) is 11.2. The second kappa shape index (κ2) is 8.51. The largest absolute Gasteiger partial charge is 0.496 e. The van der Waals surface area contributed by atoms with Gasteiger partial charge in [-0.1, -0.05) is 0 Å². The lowest BCUT2D eigenvalue weighted by molar-refractivity contribution is 0.373. The zero-order valence-electron chi connectivity index (χ0n) is 18.6. The van der Waals surface area contributed by atoms with Crippen LogP contribution in [0.2, 0.25) is 0 Å². The summed E-state index contributed by atoms with van der Waals surface area (Å²) in [5.74, 6) is 1.05. The van der Waals surface area contributed by atoms with E-state index in [1.807, 2.05) is 19.1 Å². The number of hydrogen-bond acceptors (Lipinski definition) is 7. The Labute approximate surface area is 186 Å². The lowest BCUT2D eigenvalue weighted by Crippen LogP contribution is -2.45. The van der Waals surface area contributed by atoms with Crippen molar-refractivity contribution in [3.63, 3.8) is 0 Å². The van der Waals surface area contributed by atoms with Gasteiger partial charge >= 0.3 is 0 Å². The Morgan fingerprint density at radius 1 is 1.19 bits per heavy atom. The van der Waals surface area contributed by atoms with E-state index in [9.17, 15) is 4.39 Å². The summed E-state index contributed by atoms with van der Waals surface area (Å²) in [5.41, 5.74) is 1.72. The molecule has 4 rings (SSSR count). The number of methoxy groups -OCH3 is 1. The molecule has 0 amide bonds. The van der Waals surface area contributed by atoms with Crippen LogP contribution in [0.5, 0.6) is 5.75 Å². The highest BCUT2D eigenvalue weighted by molar-refractivity contribution is 7.15. The van der Waals surface area contributed by atoms with Crippen LogP contribution in [-0.4, -0.2) is 47.0 Å². The molecule has 1 fully saturated rings. The van der Waals surface area contributed by atoms with E-state index < -0.39 is 0 Å². The summed E-state index contributed by atoms with van der Waals surface area (Å²) >= 11 is 1.45. The normalized spacial score (nSPS) is 16.7. The second-order valence-corrected chi connectivity index (χ2v) is 10.1. The van der Waals surface area contributed by atoms with E-state index in [0.717, 1.165) is 35.2 Å². The number of hydrogen-bond donors (Lipinski definition) is 1. The van der Waals surface area contributed by atoms with Crippen LogP contribution in [0.15, 0.2) is 30.5 Å². The molecule has 164 valence electrons. The maximum Gasteiger partial charge on any atom is 0.151 e. The summed E-state index contributed by atoms with van der Waals surface area (Å²) in [5, 5.41) is 13.3. The Morgan fingerprint density at radius 3 is 2.61 bits per heavy atom. The lowest BCUT2D eigenvalue weighted by atomic mass is 10.1. The van der Waals surface area contributed by atoms with E-state index >= 15 is 0 Å². The van der Waals surface area contributed by atoms with Gasteiger partial charge in [-0.2, -0.15) is 0 Å². The van der Waals surface area contributed by atoms with Crippen molar-refractivity contribution in [3.8, 4) is 27.4 Å². The molecule has 8 heteroatoms. The Morgan fingerprint density at radius 2 is 2.00 bits per heavy atom. The van der Waals surface area contributed by atoms with Gasteiger partial charge in [-0.25, -0.2) is 9.37 Å². The smallest absolute Gasteiger partial charge is 0.151 e. The van der Waals surface area contributed by atoms with Gasteiger partial charge in [-0.3, -0.25) is 0 Å². The first-order chi connectivity index (χ1) is 14.7. The minimum Gasteiger partial charge on any atom is -0.496 e. The molecule has 0 saturated carbocycles. The van der Waals surface area contributed by atoms with Crippen LogP contribution in [0.25, 0.3) is 21.7 Å². The van der Waals surface area contributed by atoms with Gasteiger partial charge < -0.3 is 15.0 Å². The Bertz CT molecular complexity index is 1060. The summed E-state index contributed by atoms with van der Waals surface area (Å²) in [4.78, 5) is 7.22. The number of halogens is 1. The molecule has 1 N–H and O–H groups in total. The van der Waals surface area contributed by atoms with Crippen LogP contribution in [0.1, 0.15) is 32.2 Å². The van der Waals surface area contributed by atoms with Crippen molar-refractivity contribution in [2.75, 3.05) is 25.1 Å². The van der Waals surface area contributed by atoms with Crippen molar-refractivity contribution in [2.45, 2.75) is 45.7 Å². The van der Waals surface area contributed by atoms with E-state index in [4.69, 9.17) is 4.74 Å². The number of nitrogens with one attached hydrogen (secondary N) is 1. The van der Waals surface area contributed by atoms with Gasteiger partial charge in [0.05, 0.1) is 22.7 Å². The Hall–Kier alpha value is -2.58. The maximum atomic E-state index is 14.9. The molecule has 0 aliphatic carbocycles. The predicted molar refractivity (Wildman–Crippen MR) is 123 cm³/mol. The fourth-order valence-corrected chi connectivity index (χ4v) is 4.73. The third-order valence-electron chi connectivity index (χ3n) is 5.25. The molecule has 31 heavy (non-hydrogen) atoms. The molecule has 3 aromatic rings. The van der Waals surface area contributed by atoms with Crippen LogP contribution in [0.4, 0.5) is 10.2 Å². The molecule has 1 aliphatic rings. The zero-order chi connectivity index (χ0) is 22.2. The number of ether oxygens (including phenoxy) is 1. The third kappa shape index (κ3) is 4.85. The van der Waals surface area contributed by atoms with Crippen molar-refractivity contribution < 1.29 is 9.13 Å². The molecule has 0 bridgehead atoms. The van der Waals surface area contributed by atoms with E-state index in [1.165, 1.54) is 17.4 Å². The molecule has 0 radical (unpaired) electrons. The molecule has 1 saturated heterocycles. The average molecular weight is 442 g/mol. The highest BCUT2D eigenvalue weighted by Gasteiger charge is 2.27. The van der Waals surface area contributed by atoms with Crippen molar-refractivity contribution >= 4 is 17.2 Å². The fourth-order valence-electron chi connectivity index (χ4n) is 3.93. The molecule has 0 spiro atoms. The van der Waals surface area contributed by atoms with Gasteiger partial charge in [0, 0.05) is 42.0 Å². The molecule has 6 nitrogen and oxygen atoms in total. The summed E-state index contributed by atoms with van der Waals surface area (Å²) in [6.07, 6.45) is 2.75. The number of nitrogens with zero attached hydrogens (tertiary/aromatic N) is 4. The number of aromatic nitrogens is 3. The van der Waals surface area contributed by atoms with Gasteiger partial charge in [0.1, 0.15) is 11.6 Å². The molecular weight excluding hydrogens is 413 g/mol. The number of rotatable bonds is 5. The van der Waals surface area contributed by atoms with Crippen molar-refractivity contribution in [1.82, 2.24) is 20.5 Å². The summed E-state index contributed by atoms with van der Waals surface area (Å²) < 4.78 is 20.5. The topological polar surface area (TPSA) is 63.2 Å². The first kappa shape index (κ1) is 21.6. The minimum absolute atomic E-state index is 0.0842. The highest BCUT2D eigenvalue weighted by atomic mass is 32.1. The van der Waals surface area contributed by atoms with Gasteiger partial charge in [0.15, 0.2) is 5.82 Å². The summed E-state index contributed by atoms with van der Waals surface area (Å²) in [6, 6.07) is 7.42. The van der Waals surface area contributed by atoms with E-state index in [0.29, 0.717) is 28.6 Å². The fraction of sp³-hybridized carbons (Fsp3) is 0.435. The Balaban J connectivity index is 1.56.